The van der Waals surface area contributed by atoms with E-state index in [0.29, 0.717) is 11.8 Å². The lowest BCUT2D eigenvalue weighted by Crippen LogP contribution is -2.14. The molecule has 0 saturated carbocycles. The number of nitrogens with one attached hydrogen (secondary N) is 1. The van der Waals surface area contributed by atoms with Crippen LogP contribution in [0.5, 0.6) is 5.75 Å². The predicted octanol–water partition coefficient (Wildman–Crippen LogP) is 3.43. The summed E-state index contributed by atoms with van der Waals surface area (Å²) >= 11 is 0. The van der Waals surface area contributed by atoms with E-state index in [0.717, 1.165) is 18.5 Å². The predicted molar refractivity (Wildman–Crippen MR) is 60.9 cm³/mol. The van der Waals surface area contributed by atoms with Gasteiger partial charge in [0.15, 0.2) is 0 Å². The molecule has 0 saturated heterocycles. The summed E-state index contributed by atoms with van der Waals surface area (Å²) in [5, 5.41) is 3.24. The Bertz CT molecular complexity index is 314. The van der Waals surface area contributed by atoms with Crippen LogP contribution in [0.1, 0.15) is 26.7 Å². The van der Waals surface area contributed by atoms with Gasteiger partial charge in [-0.25, -0.2) is 4.39 Å². The lowest BCUT2D eigenvalue weighted by molar-refractivity contribution is 0.411. The zero-order chi connectivity index (χ0) is 11.3. The number of benzene rings is 1. The van der Waals surface area contributed by atoms with E-state index in [2.05, 4.69) is 19.2 Å². The highest BCUT2D eigenvalue weighted by Crippen LogP contribution is 2.20. The molecular formula is C12H18FNO. The van der Waals surface area contributed by atoms with E-state index in [-0.39, 0.29) is 5.82 Å². The highest BCUT2D eigenvalue weighted by atomic mass is 19.1. The number of hydrogen-bond donors (Lipinski definition) is 1. The van der Waals surface area contributed by atoms with Crippen molar-refractivity contribution in [3.8, 4) is 5.75 Å². The Kier molecular flexibility index (Phi) is 4.40. The van der Waals surface area contributed by atoms with Crippen molar-refractivity contribution in [2.75, 3.05) is 12.4 Å². The van der Waals surface area contributed by atoms with E-state index >= 15 is 0 Å². The summed E-state index contributed by atoms with van der Waals surface area (Å²) < 4.78 is 18.1. The van der Waals surface area contributed by atoms with Crippen LogP contribution in [0, 0.1) is 5.82 Å². The number of hydrogen-bond acceptors (Lipinski definition) is 2. The van der Waals surface area contributed by atoms with Crippen LogP contribution in [-0.4, -0.2) is 13.2 Å². The maximum absolute atomic E-state index is 13.1. The van der Waals surface area contributed by atoms with E-state index in [1.807, 2.05) is 0 Å². The Morgan fingerprint density at radius 1 is 1.40 bits per heavy atom. The minimum absolute atomic E-state index is 0.277. The molecule has 1 N–H and O–H groups in total. The van der Waals surface area contributed by atoms with Crippen LogP contribution in [0.4, 0.5) is 10.1 Å². The minimum atomic E-state index is -0.277. The third kappa shape index (κ3) is 3.78. The molecule has 2 nitrogen and oxygen atoms in total. The molecule has 0 amide bonds. The van der Waals surface area contributed by atoms with Gasteiger partial charge in [0, 0.05) is 23.9 Å². The molecule has 1 aromatic carbocycles. The lowest BCUT2D eigenvalue weighted by atomic mass is 10.2. The van der Waals surface area contributed by atoms with Gasteiger partial charge in [-0.2, -0.15) is 0 Å². The molecule has 0 fully saturated rings. The SMILES string of the molecule is CCCC(C)Nc1cc(F)cc(OC)c1. The van der Waals surface area contributed by atoms with Crippen molar-refractivity contribution in [1.29, 1.82) is 0 Å². The molecule has 0 spiro atoms. The van der Waals surface area contributed by atoms with Gasteiger partial charge in [-0.1, -0.05) is 13.3 Å². The Morgan fingerprint density at radius 3 is 2.73 bits per heavy atom. The molecule has 0 aliphatic rings. The number of methoxy groups -OCH3 is 1. The molecule has 0 aliphatic carbocycles. The quantitative estimate of drug-likeness (QED) is 0.805. The molecule has 1 rings (SSSR count). The Labute approximate surface area is 90.4 Å². The van der Waals surface area contributed by atoms with Gasteiger partial charge in [0.25, 0.3) is 0 Å². The van der Waals surface area contributed by atoms with Crippen LogP contribution < -0.4 is 10.1 Å². The number of ether oxygens (including phenoxy) is 1. The van der Waals surface area contributed by atoms with E-state index in [9.17, 15) is 4.39 Å². The van der Waals surface area contributed by atoms with Crippen molar-refractivity contribution in [2.45, 2.75) is 32.7 Å². The molecule has 1 aromatic rings. The first-order valence-corrected chi connectivity index (χ1v) is 5.26. The van der Waals surface area contributed by atoms with Crippen molar-refractivity contribution in [3.05, 3.63) is 24.0 Å². The first-order chi connectivity index (χ1) is 7.15. The zero-order valence-corrected chi connectivity index (χ0v) is 9.51. The lowest BCUT2D eigenvalue weighted by Gasteiger charge is -2.15. The fourth-order valence-corrected chi connectivity index (χ4v) is 1.55. The van der Waals surface area contributed by atoms with E-state index in [1.54, 1.807) is 6.07 Å². The third-order valence-corrected chi connectivity index (χ3v) is 2.24. The van der Waals surface area contributed by atoms with Gasteiger partial charge >= 0.3 is 0 Å². The second-order valence-corrected chi connectivity index (χ2v) is 3.71. The van der Waals surface area contributed by atoms with Crippen LogP contribution in [0.25, 0.3) is 0 Å². The number of anilines is 1. The smallest absolute Gasteiger partial charge is 0.128 e. The van der Waals surface area contributed by atoms with Crippen LogP contribution in [0.2, 0.25) is 0 Å². The van der Waals surface area contributed by atoms with Crippen molar-refractivity contribution < 1.29 is 9.13 Å². The standard InChI is InChI=1S/C12H18FNO/c1-4-5-9(2)14-11-6-10(13)7-12(8-11)15-3/h6-9,14H,4-5H2,1-3H3. The fraction of sp³-hybridized carbons (Fsp3) is 0.500. The van der Waals surface area contributed by atoms with Gasteiger partial charge in [-0.3, -0.25) is 0 Å². The van der Waals surface area contributed by atoms with Crippen LogP contribution in [-0.2, 0) is 0 Å². The summed E-state index contributed by atoms with van der Waals surface area (Å²) in [6.07, 6.45) is 2.18. The monoisotopic (exact) mass is 211 g/mol. The number of rotatable bonds is 5. The van der Waals surface area contributed by atoms with Crippen molar-refractivity contribution >= 4 is 5.69 Å². The molecular weight excluding hydrogens is 193 g/mol. The summed E-state index contributed by atoms with van der Waals surface area (Å²) in [7, 11) is 1.54. The van der Waals surface area contributed by atoms with Gasteiger partial charge in [0.05, 0.1) is 7.11 Å². The molecule has 0 radical (unpaired) electrons. The Balaban J connectivity index is 2.71. The maximum Gasteiger partial charge on any atom is 0.128 e. The van der Waals surface area contributed by atoms with Crippen LogP contribution in [0.15, 0.2) is 18.2 Å². The first kappa shape index (κ1) is 11.8. The topological polar surface area (TPSA) is 21.3 Å². The summed E-state index contributed by atoms with van der Waals surface area (Å²) in [5.74, 6) is 0.266. The van der Waals surface area contributed by atoms with Gasteiger partial charge in [0.2, 0.25) is 0 Å². The van der Waals surface area contributed by atoms with Crippen molar-refractivity contribution in [2.24, 2.45) is 0 Å². The average molecular weight is 211 g/mol. The normalized spacial score (nSPS) is 12.3. The second kappa shape index (κ2) is 5.59. The zero-order valence-electron chi connectivity index (χ0n) is 9.51. The number of halogens is 1. The first-order valence-electron chi connectivity index (χ1n) is 5.26. The second-order valence-electron chi connectivity index (χ2n) is 3.71. The summed E-state index contributed by atoms with van der Waals surface area (Å²) in [6, 6.07) is 5.00. The van der Waals surface area contributed by atoms with Crippen LogP contribution >= 0.6 is 0 Å². The van der Waals surface area contributed by atoms with Crippen molar-refractivity contribution in [1.82, 2.24) is 0 Å². The van der Waals surface area contributed by atoms with Crippen LogP contribution in [0.3, 0.4) is 0 Å². The summed E-state index contributed by atoms with van der Waals surface area (Å²) in [6.45, 7) is 4.21. The van der Waals surface area contributed by atoms with Gasteiger partial charge in [-0.05, 0) is 19.4 Å². The maximum atomic E-state index is 13.1. The fourth-order valence-electron chi connectivity index (χ4n) is 1.55. The molecule has 15 heavy (non-hydrogen) atoms. The molecule has 0 bridgehead atoms. The van der Waals surface area contributed by atoms with E-state index in [4.69, 9.17) is 4.74 Å². The molecule has 84 valence electrons. The Morgan fingerprint density at radius 2 is 2.13 bits per heavy atom. The van der Waals surface area contributed by atoms with E-state index in [1.165, 1.54) is 19.2 Å². The van der Waals surface area contributed by atoms with Gasteiger partial charge < -0.3 is 10.1 Å². The molecule has 1 atom stereocenters. The Hall–Kier alpha value is -1.25. The summed E-state index contributed by atoms with van der Waals surface area (Å²) in [4.78, 5) is 0. The van der Waals surface area contributed by atoms with Gasteiger partial charge in [-0.15, -0.1) is 0 Å². The highest BCUT2D eigenvalue weighted by molar-refractivity contribution is 5.49. The van der Waals surface area contributed by atoms with Gasteiger partial charge in [0.1, 0.15) is 11.6 Å². The molecule has 0 heterocycles. The highest BCUT2D eigenvalue weighted by Gasteiger charge is 2.04. The largest absolute Gasteiger partial charge is 0.497 e. The summed E-state index contributed by atoms with van der Waals surface area (Å²) in [5.41, 5.74) is 0.771. The van der Waals surface area contributed by atoms with Crippen molar-refractivity contribution in [3.63, 3.8) is 0 Å². The minimum Gasteiger partial charge on any atom is -0.497 e. The molecule has 0 aromatic heterocycles. The molecule has 1 unspecified atom stereocenters. The third-order valence-electron chi connectivity index (χ3n) is 2.24. The molecule has 0 aliphatic heterocycles. The van der Waals surface area contributed by atoms with E-state index < -0.39 is 0 Å². The molecule has 3 heteroatoms. The average Bonchev–Trinajstić information content (AvgIpc) is 2.17.